The molecule has 1 aromatic carbocycles. The highest BCUT2D eigenvalue weighted by atomic mass is 16.5. The predicted octanol–water partition coefficient (Wildman–Crippen LogP) is 3.14. The molecule has 0 unspecified atom stereocenters. The molecule has 0 N–H and O–H groups in total. The summed E-state index contributed by atoms with van der Waals surface area (Å²) in [5.74, 6) is 1.31. The topological polar surface area (TPSA) is 52.8 Å². The zero-order valence-electron chi connectivity index (χ0n) is 12.7. The van der Waals surface area contributed by atoms with Crippen molar-refractivity contribution >= 4 is 11.9 Å². The number of rotatable bonds is 4. The molecule has 5 nitrogen and oxygen atoms in total. The Morgan fingerprint density at radius 3 is 2.55 bits per heavy atom. The summed E-state index contributed by atoms with van der Waals surface area (Å²) in [6.07, 6.45) is 4.67. The van der Waals surface area contributed by atoms with Crippen LogP contribution in [0.4, 0.5) is 0 Å². The number of carbonyl (C=O) groups is 1. The highest BCUT2D eigenvalue weighted by Gasteiger charge is 2.11. The number of aromatic nitrogens is 2. The van der Waals surface area contributed by atoms with Gasteiger partial charge in [-0.15, -0.1) is 0 Å². The molecule has 0 saturated carbocycles. The van der Waals surface area contributed by atoms with Gasteiger partial charge in [-0.1, -0.05) is 0 Å². The van der Waals surface area contributed by atoms with Crippen molar-refractivity contribution in [2.45, 2.75) is 6.92 Å². The highest BCUT2D eigenvalue weighted by molar-refractivity contribution is 5.85. The molecule has 3 aromatic rings. The number of carbonyl (C=O) groups excluding carboxylic acids is 1. The van der Waals surface area contributed by atoms with Gasteiger partial charge in [0.15, 0.2) is 17.8 Å². The minimum Gasteiger partial charge on any atom is -0.493 e. The lowest BCUT2D eigenvalue weighted by atomic mass is 10.1. The lowest BCUT2D eigenvalue weighted by Crippen LogP contribution is -1.91. The molecule has 0 saturated heterocycles. The maximum atomic E-state index is 11.2. The Balaban J connectivity index is 2.16. The number of aryl methyl sites for hydroxylation is 1. The molecule has 0 amide bonds. The molecule has 112 valence electrons. The monoisotopic (exact) mass is 296 g/mol. The molecular formula is C17H16N2O3. The molecule has 3 rings (SSSR count). The Labute approximate surface area is 128 Å². The maximum Gasteiger partial charge on any atom is 0.161 e. The molecule has 0 radical (unpaired) electrons. The van der Waals surface area contributed by atoms with Crippen LogP contribution >= 0.6 is 0 Å². The fraction of sp³-hybridized carbons (Fsp3) is 0.176. The lowest BCUT2D eigenvalue weighted by molar-refractivity contribution is 0.112. The summed E-state index contributed by atoms with van der Waals surface area (Å²) in [7, 11) is 3.20. The predicted molar refractivity (Wildman–Crippen MR) is 83.9 cm³/mol. The molecule has 0 spiro atoms. The molecule has 22 heavy (non-hydrogen) atoms. The molecule has 0 aliphatic heterocycles. The van der Waals surface area contributed by atoms with Crippen LogP contribution in [-0.4, -0.2) is 29.9 Å². The molecule has 2 aromatic heterocycles. The molecule has 0 aliphatic carbocycles. The van der Waals surface area contributed by atoms with Crippen molar-refractivity contribution in [3.05, 3.63) is 47.8 Å². The number of benzene rings is 1. The van der Waals surface area contributed by atoms with Gasteiger partial charge < -0.3 is 13.9 Å². The summed E-state index contributed by atoms with van der Waals surface area (Å²) >= 11 is 0. The number of hydrogen-bond donors (Lipinski definition) is 0. The normalized spacial score (nSPS) is 10.7. The van der Waals surface area contributed by atoms with E-state index in [-0.39, 0.29) is 0 Å². The van der Waals surface area contributed by atoms with Crippen LogP contribution in [0.25, 0.3) is 16.9 Å². The first-order valence-corrected chi connectivity index (χ1v) is 6.83. The molecule has 0 fully saturated rings. The molecule has 0 atom stereocenters. The van der Waals surface area contributed by atoms with E-state index in [9.17, 15) is 4.79 Å². The van der Waals surface area contributed by atoms with Gasteiger partial charge in [-0.05, 0) is 36.8 Å². The number of fused-ring (bicyclic) bond motifs is 1. The van der Waals surface area contributed by atoms with E-state index >= 15 is 0 Å². The Morgan fingerprint density at radius 1 is 1.09 bits per heavy atom. The van der Waals surface area contributed by atoms with E-state index in [1.54, 1.807) is 14.2 Å². The Hall–Kier alpha value is -2.82. The third kappa shape index (κ3) is 2.30. The minimum absolute atomic E-state index is 0.576. The standard InChI is InChI=1S/C17H16N2O3/c1-11-6-13(10-20)17-18-14(9-19(17)8-11)12-4-5-15(21-2)16(7-12)22-3/h4-10H,1-3H3. The van der Waals surface area contributed by atoms with Gasteiger partial charge in [0.2, 0.25) is 0 Å². The maximum absolute atomic E-state index is 11.2. The Kier molecular flexibility index (Phi) is 3.55. The molecular weight excluding hydrogens is 280 g/mol. The van der Waals surface area contributed by atoms with Crippen LogP contribution in [0, 0.1) is 6.92 Å². The second-order valence-electron chi connectivity index (χ2n) is 5.02. The van der Waals surface area contributed by atoms with E-state index < -0.39 is 0 Å². The molecule has 5 heteroatoms. The fourth-order valence-corrected chi connectivity index (χ4v) is 2.49. The number of aldehydes is 1. The van der Waals surface area contributed by atoms with Gasteiger partial charge in [0.1, 0.15) is 5.65 Å². The zero-order chi connectivity index (χ0) is 15.7. The second-order valence-corrected chi connectivity index (χ2v) is 5.02. The minimum atomic E-state index is 0.576. The quantitative estimate of drug-likeness (QED) is 0.694. The molecule has 0 bridgehead atoms. The first-order chi connectivity index (χ1) is 10.7. The van der Waals surface area contributed by atoms with Gasteiger partial charge >= 0.3 is 0 Å². The van der Waals surface area contributed by atoms with Crippen molar-refractivity contribution < 1.29 is 14.3 Å². The Morgan fingerprint density at radius 2 is 1.86 bits per heavy atom. The van der Waals surface area contributed by atoms with Crippen LogP contribution in [0.1, 0.15) is 15.9 Å². The summed E-state index contributed by atoms with van der Waals surface area (Å²) in [6, 6.07) is 7.45. The number of imidazole rings is 1. The van der Waals surface area contributed by atoms with E-state index in [2.05, 4.69) is 4.98 Å². The second kappa shape index (κ2) is 5.52. The summed E-state index contributed by atoms with van der Waals surface area (Å²) < 4.78 is 12.4. The van der Waals surface area contributed by atoms with Crippen LogP contribution in [0.3, 0.4) is 0 Å². The van der Waals surface area contributed by atoms with Crippen LogP contribution in [0.2, 0.25) is 0 Å². The van der Waals surface area contributed by atoms with E-state index in [1.807, 2.05) is 48.0 Å². The number of methoxy groups -OCH3 is 2. The van der Waals surface area contributed by atoms with E-state index in [4.69, 9.17) is 9.47 Å². The summed E-state index contributed by atoms with van der Waals surface area (Å²) in [5.41, 5.74) is 3.90. The van der Waals surface area contributed by atoms with Gasteiger partial charge in [0, 0.05) is 18.0 Å². The van der Waals surface area contributed by atoms with Crippen LogP contribution in [0.15, 0.2) is 36.7 Å². The Bertz CT molecular complexity index is 852. The van der Waals surface area contributed by atoms with Crippen LogP contribution in [0.5, 0.6) is 11.5 Å². The van der Waals surface area contributed by atoms with Gasteiger partial charge in [-0.25, -0.2) is 4.98 Å². The third-order valence-corrected chi connectivity index (χ3v) is 3.52. The number of pyridine rings is 1. The van der Waals surface area contributed by atoms with Crippen molar-refractivity contribution in [1.29, 1.82) is 0 Å². The smallest absolute Gasteiger partial charge is 0.161 e. The number of hydrogen-bond acceptors (Lipinski definition) is 4. The van der Waals surface area contributed by atoms with Crippen molar-refractivity contribution in [1.82, 2.24) is 9.38 Å². The molecule has 0 aliphatic rings. The third-order valence-electron chi connectivity index (χ3n) is 3.52. The molecule has 2 heterocycles. The number of ether oxygens (including phenoxy) is 2. The van der Waals surface area contributed by atoms with Crippen molar-refractivity contribution in [2.75, 3.05) is 14.2 Å². The highest BCUT2D eigenvalue weighted by Crippen LogP contribution is 2.32. The van der Waals surface area contributed by atoms with E-state index in [1.165, 1.54) is 0 Å². The first kappa shape index (κ1) is 14.1. The van der Waals surface area contributed by atoms with Gasteiger partial charge in [-0.2, -0.15) is 0 Å². The van der Waals surface area contributed by atoms with Crippen molar-refractivity contribution in [3.8, 4) is 22.8 Å². The largest absolute Gasteiger partial charge is 0.493 e. The van der Waals surface area contributed by atoms with Gasteiger partial charge in [0.05, 0.1) is 25.5 Å². The van der Waals surface area contributed by atoms with Crippen molar-refractivity contribution in [3.63, 3.8) is 0 Å². The van der Waals surface area contributed by atoms with Crippen molar-refractivity contribution in [2.24, 2.45) is 0 Å². The lowest BCUT2D eigenvalue weighted by Gasteiger charge is -2.08. The van der Waals surface area contributed by atoms with E-state index in [0.29, 0.717) is 22.7 Å². The fourth-order valence-electron chi connectivity index (χ4n) is 2.49. The van der Waals surface area contributed by atoms with Crippen LogP contribution in [-0.2, 0) is 0 Å². The summed E-state index contributed by atoms with van der Waals surface area (Å²) in [6.45, 7) is 1.95. The van der Waals surface area contributed by atoms with E-state index in [0.717, 1.165) is 23.1 Å². The zero-order valence-corrected chi connectivity index (χ0v) is 12.7. The van der Waals surface area contributed by atoms with Gasteiger partial charge in [0.25, 0.3) is 0 Å². The average Bonchev–Trinajstić information content (AvgIpc) is 2.97. The average molecular weight is 296 g/mol. The SMILES string of the molecule is COc1ccc(-c2cn3cc(C)cc(C=O)c3n2)cc1OC. The van der Waals surface area contributed by atoms with Crippen LogP contribution < -0.4 is 9.47 Å². The summed E-state index contributed by atoms with van der Waals surface area (Å²) in [4.78, 5) is 15.8. The summed E-state index contributed by atoms with van der Waals surface area (Å²) in [5, 5.41) is 0. The van der Waals surface area contributed by atoms with Gasteiger partial charge in [-0.3, -0.25) is 4.79 Å². The first-order valence-electron chi connectivity index (χ1n) is 6.83. The number of nitrogens with zero attached hydrogens (tertiary/aromatic N) is 2.